The summed E-state index contributed by atoms with van der Waals surface area (Å²) < 4.78 is 26.8. The van der Waals surface area contributed by atoms with Crippen molar-refractivity contribution in [1.29, 1.82) is 0 Å². The Hall–Kier alpha value is -1.67. The van der Waals surface area contributed by atoms with Gasteiger partial charge in [0.2, 0.25) is 10.0 Å². The topological polar surface area (TPSA) is 101 Å². The second-order valence-corrected chi connectivity index (χ2v) is 6.22. The van der Waals surface area contributed by atoms with E-state index in [1.165, 1.54) is 12.1 Å². The molecule has 1 fully saturated rings. The molecule has 0 aromatic heterocycles. The quantitative estimate of drug-likeness (QED) is 0.606. The Bertz CT molecular complexity index is 596. The Morgan fingerprint density at radius 1 is 1.42 bits per heavy atom. The minimum atomic E-state index is -3.73. The lowest BCUT2D eigenvalue weighted by atomic mass is 10.3. The fraction of sp³-hybridized carbons (Fsp3) is 0.455. The molecule has 0 heterocycles. The molecule has 1 aromatic rings. The third-order valence-corrected chi connectivity index (χ3v) is 4.46. The molecule has 0 aliphatic heterocycles. The number of anilines is 1. The molecule has 1 aliphatic carbocycles. The molecule has 1 aliphatic rings. The predicted octanol–water partition coefficient (Wildman–Crippen LogP) is 1.32. The molecule has 0 radical (unpaired) electrons. The van der Waals surface area contributed by atoms with Crippen molar-refractivity contribution in [3.05, 3.63) is 28.3 Å². The standard InChI is InChI=1S/C11H15N3O4S/c1-12-10-5-4-9(14(15)16)6-11(10)19(17,18)13-7-8-2-3-8/h4-6,8,12-13H,2-3,7H2,1H3. The first-order valence-corrected chi connectivity index (χ1v) is 7.38. The Morgan fingerprint density at radius 3 is 2.63 bits per heavy atom. The molecule has 19 heavy (non-hydrogen) atoms. The Labute approximate surface area is 111 Å². The molecule has 0 amide bonds. The van der Waals surface area contributed by atoms with Gasteiger partial charge in [-0.15, -0.1) is 0 Å². The van der Waals surface area contributed by atoms with E-state index >= 15 is 0 Å². The highest BCUT2D eigenvalue weighted by molar-refractivity contribution is 7.89. The third kappa shape index (κ3) is 3.21. The van der Waals surface area contributed by atoms with Crippen molar-refractivity contribution < 1.29 is 13.3 Å². The second-order valence-electron chi connectivity index (χ2n) is 4.48. The van der Waals surface area contributed by atoms with Gasteiger partial charge in [-0.1, -0.05) is 0 Å². The summed E-state index contributed by atoms with van der Waals surface area (Å²) in [7, 11) is -2.16. The summed E-state index contributed by atoms with van der Waals surface area (Å²) in [4.78, 5) is 10.0. The molecule has 104 valence electrons. The van der Waals surface area contributed by atoms with Gasteiger partial charge in [-0.05, 0) is 24.8 Å². The number of nitro groups is 1. The number of nitrogens with zero attached hydrogens (tertiary/aromatic N) is 1. The van der Waals surface area contributed by atoms with Crippen molar-refractivity contribution in [1.82, 2.24) is 4.72 Å². The molecule has 7 nitrogen and oxygen atoms in total. The van der Waals surface area contributed by atoms with Gasteiger partial charge in [0.15, 0.2) is 0 Å². The third-order valence-electron chi connectivity index (χ3n) is 2.99. The minimum Gasteiger partial charge on any atom is -0.387 e. The second kappa shape index (κ2) is 5.14. The number of hydrogen-bond acceptors (Lipinski definition) is 5. The van der Waals surface area contributed by atoms with Crippen LogP contribution >= 0.6 is 0 Å². The maximum Gasteiger partial charge on any atom is 0.270 e. The molecule has 0 bridgehead atoms. The predicted molar refractivity (Wildman–Crippen MR) is 70.6 cm³/mol. The Morgan fingerprint density at radius 2 is 2.11 bits per heavy atom. The zero-order valence-electron chi connectivity index (χ0n) is 10.4. The normalized spacial score (nSPS) is 15.2. The van der Waals surface area contributed by atoms with Gasteiger partial charge >= 0.3 is 0 Å². The maximum absolute atomic E-state index is 12.1. The number of hydrogen-bond donors (Lipinski definition) is 2. The van der Waals surface area contributed by atoms with Crippen molar-refractivity contribution in [3.63, 3.8) is 0 Å². The summed E-state index contributed by atoms with van der Waals surface area (Å²) in [6.07, 6.45) is 2.05. The number of nitrogens with one attached hydrogen (secondary N) is 2. The molecule has 0 spiro atoms. The van der Waals surface area contributed by atoms with Gasteiger partial charge in [0, 0.05) is 25.7 Å². The van der Waals surface area contributed by atoms with Gasteiger partial charge in [-0.2, -0.15) is 0 Å². The number of rotatable bonds is 6. The van der Waals surface area contributed by atoms with Gasteiger partial charge in [0.25, 0.3) is 5.69 Å². The van der Waals surface area contributed by atoms with Crippen molar-refractivity contribution in [3.8, 4) is 0 Å². The van der Waals surface area contributed by atoms with E-state index in [0.29, 0.717) is 18.2 Å². The van der Waals surface area contributed by atoms with E-state index in [4.69, 9.17) is 0 Å². The lowest BCUT2D eigenvalue weighted by molar-refractivity contribution is -0.385. The van der Waals surface area contributed by atoms with E-state index in [9.17, 15) is 18.5 Å². The van der Waals surface area contributed by atoms with Crippen LogP contribution in [0.4, 0.5) is 11.4 Å². The maximum atomic E-state index is 12.1. The van der Waals surface area contributed by atoms with E-state index in [-0.39, 0.29) is 10.6 Å². The van der Waals surface area contributed by atoms with Gasteiger partial charge in [0.05, 0.1) is 10.6 Å². The highest BCUT2D eigenvalue weighted by atomic mass is 32.2. The van der Waals surface area contributed by atoms with E-state index in [2.05, 4.69) is 10.0 Å². The van der Waals surface area contributed by atoms with Crippen molar-refractivity contribution in [2.24, 2.45) is 5.92 Å². The van der Waals surface area contributed by atoms with Crippen LogP contribution in [0.15, 0.2) is 23.1 Å². The fourth-order valence-electron chi connectivity index (χ4n) is 1.68. The summed E-state index contributed by atoms with van der Waals surface area (Å²) in [6.45, 7) is 0.383. The van der Waals surface area contributed by atoms with Gasteiger partial charge in [-0.3, -0.25) is 10.1 Å². The fourth-order valence-corrected chi connectivity index (χ4v) is 3.03. The molecule has 1 saturated carbocycles. The largest absolute Gasteiger partial charge is 0.387 e. The van der Waals surface area contributed by atoms with Crippen LogP contribution in [0.2, 0.25) is 0 Å². The first-order valence-electron chi connectivity index (χ1n) is 5.90. The highest BCUT2D eigenvalue weighted by Gasteiger charge is 2.26. The zero-order chi connectivity index (χ0) is 14.0. The summed E-state index contributed by atoms with van der Waals surface area (Å²) in [6, 6.07) is 3.73. The van der Waals surface area contributed by atoms with Crippen LogP contribution in [-0.4, -0.2) is 26.9 Å². The zero-order valence-corrected chi connectivity index (χ0v) is 11.2. The number of non-ortho nitro benzene ring substituents is 1. The molecular weight excluding hydrogens is 270 g/mol. The van der Waals surface area contributed by atoms with Crippen LogP contribution in [0.1, 0.15) is 12.8 Å². The van der Waals surface area contributed by atoms with Crippen LogP contribution in [-0.2, 0) is 10.0 Å². The molecular formula is C11H15N3O4S. The molecule has 2 N–H and O–H groups in total. The minimum absolute atomic E-state index is 0.0927. The lowest BCUT2D eigenvalue weighted by Crippen LogP contribution is -2.26. The van der Waals surface area contributed by atoms with Crippen molar-refractivity contribution >= 4 is 21.4 Å². The Balaban J connectivity index is 2.33. The first kappa shape index (κ1) is 13.8. The summed E-state index contributed by atoms with van der Waals surface area (Å²) in [5, 5.41) is 13.5. The molecule has 0 atom stereocenters. The molecule has 0 unspecified atom stereocenters. The van der Waals surface area contributed by atoms with Gasteiger partial charge in [0.1, 0.15) is 4.90 Å². The average Bonchev–Trinajstić information content (AvgIpc) is 3.19. The average molecular weight is 285 g/mol. The van der Waals surface area contributed by atoms with E-state index in [1.807, 2.05) is 0 Å². The number of benzene rings is 1. The Kier molecular flexibility index (Phi) is 3.72. The summed E-state index contributed by atoms with van der Waals surface area (Å²) in [5.41, 5.74) is 0.0969. The van der Waals surface area contributed by atoms with Crippen LogP contribution in [0.5, 0.6) is 0 Å². The van der Waals surface area contributed by atoms with E-state index in [0.717, 1.165) is 18.9 Å². The molecule has 1 aromatic carbocycles. The lowest BCUT2D eigenvalue weighted by Gasteiger charge is -2.10. The van der Waals surface area contributed by atoms with Gasteiger partial charge in [-0.25, -0.2) is 13.1 Å². The van der Waals surface area contributed by atoms with Crippen LogP contribution in [0, 0.1) is 16.0 Å². The van der Waals surface area contributed by atoms with Crippen molar-refractivity contribution in [2.75, 3.05) is 18.9 Å². The van der Waals surface area contributed by atoms with Crippen molar-refractivity contribution in [2.45, 2.75) is 17.7 Å². The highest BCUT2D eigenvalue weighted by Crippen LogP contribution is 2.30. The smallest absolute Gasteiger partial charge is 0.270 e. The summed E-state index contributed by atoms with van der Waals surface area (Å²) >= 11 is 0. The first-order chi connectivity index (χ1) is 8.94. The van der Waals surface area contributed by atoms with Gasteiger partial charge < -0.3 is 5.32 Å². The SMILES string of the molecule is CNc1ccc([N+](=O)[O-])cc1S(=O)(=O)NCC1CC1. The summed E-state index contributed by atoms with van der Waals surface area (Å²) in [5.74, 6) is 0.395. The van der Waals surface area contributed by atoms with Crippen LogP contribution in [0.3, 0.4) is 0 Å². The van der Waals surface area contributed by atoms with Crippen LogP contribution in [0.25, 0.3) is 0 Å². The molecule has 2 rings (SSSR count). The molecule has 8 heteroatoms. The number of nitro benzene ring substituents is 1. The van der Waals surface area contributed by atoms with E-state index in [1.54, 1.807) is 7.05 Å². The molecule has 0 saturated heterocycles. The number of sulfonamides is 1. The van der Waals surface area contributed by atoms with Crippen LogP contribution < -0.4 is 10.0 Å². The van der Waals surface area contributed by atoms with E-state index < -0.39 is 14.9 Å². The monoisotopic (exact) mass is 285 g/mol.